The molecule has 0 saturated heterocycles. The van der Waals surface area contributed by atoms with Gasteiger partial charge in [0.15, 0.2) is 11.0 Å². The Morgan fingerprint density at radius 2 is 2.15 bits per heavy atom. The second-order valence-electron chi connectivity index (χ2n) is 6.02. The lowest BCUT2D eigenvalue weighted by Gasteiger charge is -2.10. The van der Waals surface area contributed by atoms with E-state index in [0.717, 1.165) is 45.2 Å². The summed E-state index contributed by atoms with van der Waals surface area (Å²) in [6, 6.07) is 9.66. The van der Waals surface area contributed by atoms with Crippen molar-refractivity contribution in [1.82, 2.24) is 19.7 Å². The Kier molecular flexibility index (Phi) is 6.63. The van der Waals surface area contributed by atoms with Crippen molar-refractivity contribution in [3.8, 4) is 11.4 Å². The van der Waals surface area contributed by atoms with Gasteiger partial charge in [-0.05, 0) is 59.1 Å². The van der Waals surface area contributed by atoms with E-state index >= 15 is 0 Å². The molecule has 1 N–H and O–H groups in total. The number of thioether (sulfide) groups is 1. The molecule has 1 aromatic carbocycles. The molecule has 3 aromatic rings. The lowest BCUT2D eigenvalue weighted by atomic mass is 10.2. The van der Waals surface area contributed by atoms with Gasteiger partial charge in [-0.1, -0.05) is 24.8 Å². The number of carbonyl (C=O) groups is 1. The molecule has 140 valence electrons. The molecule has 3 rings (SSSR count). The molecule has 0 aliphatic rings. The van der Waals surface area contributed by atoms with Crippen molar-refractivity contribution in [2.24, 2.45) is 0 Å². The van der Waals surface area contributed by atoms with Gasteiger partial charge in [-0.25, -0.2) is 0 Å². The minimum absolute atomic E-state index is 0.0847. The summed E-state index contributed by atoms with van der Waals surface area (Å²) in [5.41, 5.74) is 2.81. The highest BCUT2D eigenvalue weighted by Gasteiger charge is 2.15. The number of hydrogen-bond donors (Lipinski definition) is 1. The highest BCUT2D eigenvalue weighted by atomic mass is 79.9. The molecule has 0 spiro atoms. The second-order valence-corrected chi connectivity index (χ2v) is 7.82. The number of pyridine rings is 1. The van der Waals surface area contributed by atoms with Gasteiger partial charge in [0.1, 0.15) is 0 Å². The van der Waals surface area contributed by atoms with E-state index < -0.39 is 0 Å². The average Bonchev–Trinajstić information content (AvgIpc) is 3.06. The van der Waals surface area contributed by atoms with Crippen molar-refractivity contribution in [3.05, 3.63) is 52.8 Å². The second kappa shape index (κ2) is 9.14. The number of halogens is 1. The number of carbonyl (C=O) groups excluding carboxylic acids is 1. The molecular weight excluding hydrogens is 426 g/mol. The van der Waals surface area contributed by atoms with Gasteiger partial charge in [-0.2, -0.15) is 0 Å². The number of amides is 1. The van der Waals surface area contributed by atoms with E-state index in [-0.39, 0.29) is 11.7 Å². The lowest BCUT2D eigenvalue weighted by Crippen LogP contribution is -2.15. The number of aryl methyl sites for hydroxylation is 1. The summed E-state index contributed by atoms with van der Waals surface area (Å²) in [4.78, 5) is 16.5. The Hall–Kier alpha value is -2.19. The molecule has 1 amide bonds. The lowest BCUT2D eigenvalue weighted by molar-refractivity contribution is -0.113. The first-order valence-corrected chi connectivity index (χ1v) is 10.4. The topological polar surface area (TPSA) is 72.7 Å². The third-order valence-corrected chi connectivity index (χ3v) is 5.44. The Morgan fingerprint density at radius 1 is 1.30 bits per heavy atom. The van der Waals surface area contributed by atoms with Crippen molar-refractivity contribution in [2.75, 3.05) is 11.1 Å². The van der Waals surface area contributed by atoms with E-state index in [1.165, 1.54) is 11.8 Å². The fourth-order valence-electron chi connectivity index (χ4n) is 2.57. The molecule has 2 aromatic heterocycles. The van der Waals surface area contributed by atoms with Crippen molar-refractivity contribution in [3.63, 3.8) is 0 Å². The quantitative estimate of drug-likeness (QED) is 0.539. The number of hydrogen-bond acceptors (Lipinski definition) is 5. The van der Waals surface area contributed by atoms with Crippen LogP contribution in [0.4, 0.5) is 5.69 Å². The van der Waals surface area contributed by atoms with E-state index in [4.69, 9.17) is 0 Å². The molecule has 0 aliphatic heterocycles. The zero-order valence-electron chi connectivity index (χ0n) is 15.1. The van der Waals surface area contributed by atoms with Crippen LogP contribution in [0.2, 0.25) is 0 Å². The van der Waals surface area contributed by atoms with Crippen molar-refractivity contribution >= 4 is 39.3 Å². The van der Waals surface area contributed by atoms with Gasteiger partial charge in [0.25, 0.3) is 0 Å². The van der Waals surface area contributed by atoms with Gasteiger partial charge in [0.05, 0.1) is 11.4 Å². The average molecular weight is 446 g/mol. The molecule has 8 heteroatoms. The normalized spacial score (nSPS) is 10.8. The molecular formula is C19H20BrN5OS. The molecule has 0 atom stereocenters. The van der Waals surface area contributed by atoms with E-state index in [2.05, 4.69) is 43.4 Å². The molecule has 0 unspecified atom stereocenters. The van der Waals surface area contributed by atoms with Gasteiger partial charge in [-0.15, -0.1) is 10.2 Å². The SMILES string of the molecule is CCCn1c(SCC(=O)Nc2ccc(C)cc2Br)nnc1-c1cccnc1. The van der Waals surface area contributed by atoms with E-state index in [1.807, 2.05) is 41.8 Å². The summed E-state index contributed by atoms with van der Waals surface area (Å²) in [5.74, 6) is 0.947. The van der Waals surface area contributed by atoms with Crippen LogP contribution >= 0.6 is 27.7 Å². The minimum Gasteiger partial charge on any atom is -0.324 e. The zero-order chi connectivity index (χ0) is 19.2. The fourth-order valence-corrected chi connectivity index (χ4v) is 3.92. The number of rotatable bonds is 7. The van der Waals surface area contributed by atoms with Crippen molar-refractivity contribution < 1.29 is 4.79 Å². The Bertz CT molecular complexity index is 929. The summed E-state index contributed by atoms with van der Waals surface area (Å²) in [7, 11) is 0. The molecule has 0 saturated carbocycles. The molecule has 0 aliphatic carbocycles. The maximum atomic E-state index is 12.3. The predicted molar refractivity (Wildman–Crippen MR) is 112 cm³/mol. The number of aromatic nitrogens is 4. The van der Waals surface area contributed by atoms with Crippen molar-refractivity contribution in [1.29, 1.82) is 0 Å². The summed E-state index contributed by atoms with van der Waals surface area (Å²) in [5, 5.41) is 12.2. The summed E-state index contributed by atoms with van der Waals surface area (Å²) >= 11 is 4.86. The third kappa shape index (κ3) is 4.95. The molecule has 0 bridgehead atoms. The number of anilines is 1. The Morgan fingerprint density at radius 3 is 2.85 bits per heavy atom. The van der Waals surface area contributed by atoms with Crippen LogP contribution in [0.15, 0.2) is 52.4 Å². The smallest absolute Gasteiger partial charge is 0.234 e. The zero-order valence-corrected chi connectivity index (χ0v) is 17.5. The number of nitrogens with zero attached hydrogens (tertiary/aromatic N) is 4. The number of nitrogens with one attached hydrogen (secondary N) is 1. The van der Waals surface area contributed by atoms with Gasteiger partial charge >= 0.3 is 0 Å². The third-order valence-electron chi connectivity index (χ3n) is 3.81. The van der Waals surface area contributed by atoms with Crippen LogP contribution in [0.1, 0.15) is 18.9 Å². The standard InChI is InChI=1S/C19H20BrN5OS/c1-3-9-25-18(14-5-4-8-21-11-14)23-24-19(25)27-12-17(26)22-16-7-6-13(2)10-15(16)20/h4-8,10-11H,3,9,12H2,1-2H3,(H,22,26). The molecule has 6 nitrogen and oxygen atoms in total. The first-order valence-electron chi connectivity index (χ1n) is 8.61. The van der Waals surface area contributed by atoms with Crippen LogP contribution in [0.25, 0.3) is 11.4 Å². The largest absolute Gasteiger partial charge is 0.324 e. The van der Waals surface area contributed by atoms with E-state index in [1.54, 1.807) is 12.4 Å². The maximum Gasteiger partial charge on any atom is 0.234 e. The van der Waals surface area contributed by atoms with Crippen LogP contribution in [-0.2, 0) is 11.3 Å². The van der Waals surface area contributed by atoms with Crippen LogP contribution in [0.5, 0.6) is 0 Å². The first-order chi connectivity index (χ1) is 13.1. The Labute approximate surface area is 170 Å². The predicted octanol–water partition coefficient (Wildman–Crippen LogP) is 4.55. The van der Waals surface area contributed by atoms with Gasteiger partial charge in [0.2, 0.25) is 5.91 Å². The van der Waals surface area contributed by atoms with Gasteiger partial charge in [0, 0.05) is 29.0 Å². The van der Waals surface area contributed by atoms with Crippen LogP contribution in [0.3, 0.4) is 0 Å². The summed E-state index contributed by atoms with van der Waals surface area (Å²) in [6.45, 7) is 4.89. The monoisotopic (exact) mass is 445 g/mol. The molecule has 0 fully saturated rings. The van der Waals surface area contributed by atoms with Crippen LogP contribution < -0.4 is 5.32 Å². The summed E-state index contributed by atoms with van der Waals surface area (Å²) in [6.07, 6.45) is 4.45. The molecule has 27 heavy (non-hydrogen) atoms. The number of benzene rings is 1. The minimum atomic E-state index is -0.0847. The van der Waals surface area contributed by atoms with Crippen LogP contribution in [0, 0.1) is 6.92 Å². The molecule has 2 heterocycles. The van der Waals surface area contributed by atoms with E-state index in [0.29, 0.717) is 0 Å². The van der Waals surface area contributed by atoms with Gasteiger partial charge < -0.3 is 9.88 Å². The van der Waals surface area contributed by atoms with Crippen LogP contribution in [-0.4, -0.2) is 31.4 Å². The fraction of sp³-hybridized carbons (Fsp3) is 0.263. The first kappa shape index (κ1) is 19.6. The van der Waals surface area contributed by atoms with Gasteiger partial charge in [-0.3, -0.25) is 9.78 Å². The van der Waals surface area contributed by atoms with E-state index in [9.17, 15) is 4.79 Å². The molecule has 0 radical (unpaired) electrons. The maximum absolute atomic E-state index is 12.3. The highest BCUT2D eigenvalue weighted by Crippen LogP contribution is 2.26. The highest BCUT2D eigenvalue weighted by molar-refractivity contribution is 9.10. The summed E-state index contributed by atoms with van der Waals surface area (Å²) < 4.78 is 2.91. The Balaban J connectivity index is 1.70. The van der Waals surface area contributed by atoms with Crippen molar-refractivity contribution in [2.45, 2.75) is 32.0 Å².